The van der Waals surface area contributed by atoms with E-state index in [-0.39, 0.29) is 11.4 Å². The molecule has 0 spiro atoms. The highest BCUT2D eigenvalue weighted by molar-refractivity contribution is 7.92. The molecule has 1 fully saturated rings. The fourth-order valence-electron chi connectivity index (χ4n) is 1.70. The lowest BCUT2D eigenvalue weighted by atomic mass is 10.3. The van der Waals surface area contributed by atoms with Gasteiger partial charge in [-0.3, -0.25) is 0 Å². The van der Waals surface area contributed by atoms with Gasteiger partial charge in [-0.25, -0.2) is 8.42 Å². The SMILES string of the molecule is NC1NC(=S)NCC1S(=O)(=O)c1ccccc1. The Balaban J connectivity index is 2.31. The van der Waals surface area contributed by atoms with Gasteiger partial charge in [0.2, 0.25) is 0 Å². The van der Waals surface area contributed by atoms with Gasteiger partial charge in [0.15, 0.2) is 14.9 Å². The molecule has 1 aromatic carbocycles. The summed E-state index contributed by atoms with van der Waals surface area (Å²) < 4.78 is 24.6. The molecule has 0 amide bonds. The van der Waals surface area contributed by atoms with Gasteiger partial charge in [0.25, 0.3) is 0 Å². The van der Waals surface area contributed by atoms with Gasteiger partial charge in [-0.1, -0.05) is 18.2 Å². The first-order valence-electron chi connectivity index (χ1n) is 5.11. The fourth-order valence-corrected chi connectivity index (χ4v) is 3.57. The van der Waals surface area contributed by atoms with E-state index >= 15 is 0 Å². The molecule has 1 saturated heterocycles. The summed E-state index contributed by atoms with van der Waals surface area (Å²) >= 11 is 4.88. The average Bonchev–Trinajstić information content (AvgIpc) is 2.29. The second-order valence-corrected chi connectivity index (χ2v) is 6.35. The largest absolute Gasteiger partial charge is 0.361 e. The van der Waals surface area contributed by atoms with Crippen molar-refractivity contribution in [2.45, 2.75) is 16.3 Å². The summed E-state index contributed by atoms with van der Waals surface area (Å²) in [4.78, 5) is 0.275. The van der Waals surface area contributed by atoms with Gasteiger partial charge in [0.05, 0.1) is 11.1 Å². The van der Waals surface area contributed by atoms with Crippen LogP contribution in [0.5, 0.6) is 0 Å². The standard InChI is InChI=1S/C10H13N3O2S2/c11-9-8(6-12-10(16)13-9)17(14,15)7-4-2-1-3-5-7/h1-5,8-9H,6,11H2,(H2,12,13,16). The summed E-state index contributed by atoms with van der Waals surface area (Å²) in [5.74, 6) is 0. The maximum Gasteiger partial charge on any atom is 0.186 e. The van der Waals surface area contributed by atoms with Gasteiger partial charge < -0.3 is 16.4 Å². The summed E-state index contributed by atoms with van der Waals surface area (Å²) in [6.45, 7) is 0.226. The van der Waals surface area contributed by atoms with Crippen LogP contribution in [0.15, 0.2) is 35.2 Å². The first-order chi connectivity index (χ1) is 8.01. The third kappa shape index (κ3) is 2.41. The zero-order chi connectivity index (χ0) is 12.5. The Hall–Kier alpha value is -1.18. The van der Waals surface area contributed by atoms with Gasteiger partial charge >= 0.3 is 0 Å². The summed E-state index contributed by atoms with van der Waals surface area (Å²) in [7, 11) is -3.44. The van der Waals surface area contributed by atoms with E-state index in [1.54, 1.807) is 30.3 Å². The molecule has 0 aliphatic carbocycles. The van der Waals surface area contributed by atoms with Crippen LogP contribution in [0.4, 0.5) is 0 Å². The third-order valence-corrected chi connectivity index (χ3v) is 5.08. The molecule has 0 radical (unpaired) electrons. The van der Waals surface area contributed by atoms with Crippen LogP contribution in [0.3, 0.4) is 0 Å². The van der Waals surface area contributed by atoms with E-state index in [0.717, 1.165) is 0 Å². The molecule has 4 N–H and O–H groups in total. The van der Waals surface area contributed by atoms with Crippen LogP contribution in [0, 0.1) is 0 Å². The number of thiocarbonyl (C=S) groups is 1. The van der Waals surface area contributed by atoms with Crippen LogP contribution in [-0.4, -0.2) is 31.5 Å². The van der Waals surface area contributed by atoms with Crippen molar-refractivity contribution in [3.05, 3.63) is 30.3 Å². The molecular weight excluding hydrogens is 258 g/mol. The zero-order valence-electron chi connectivity index (χ0n) is 8.96. The van der Waals surface area contributed by atoms with Crippen molar-refractivity contribution < 1.29 is 8.42 Å². The molecule has 92 valence electrons. The normalized spacial score (nSPS) is 24.9. The molecule has 0 bridgehead atoms. The summed E-state index contributed by atoms with van der Waals surface area (Å²) in [5.41, 5.74) is 5.78. The monoisotopic (exact) mass is 271 g/mol. The van der Waals surface area contributed by atoms with Gasteiger partial charge in [-0.05, 0) is 24.4 Å². The van der Waals surface area contributed by atoms with Crippen LogP contribution in [-0.2, 0) is 9.84 Å². The van der Waals surface area contributed by atoms with Crippen molar-refractivity contribution in [3.8, 4) is 0 Å². The predicted molar refractivity (Wildman–Crippen MR) is 69.1 cm³/mol. The zero-order valence-corrected chi connectivity index (χ0v) is 10.6. The average molecular weight is 271 g/mol. The second-order valence-electron chi connectivity index (χ2n) is 3.78. The predicted octanol–water partition coefficient (Wildman–Crippen LogP) is -0.409. The first kappa shape index (κ1) is 12.3. The Morgan fingerprint density at radius 3 is 2.53 bits per heavy atom. The van der Waals surface area contributed by atoms with Gasteiger partial charge in [0, 0.05) is 6.54 Å². The van der Waals surface area contributed by atoms with Crippen LogP contribution in [0.25, 0.3) is 0 Å². The topological polar surface area (TPSA) is 84.2 Å². The van der Waals surface area contributed by atoms with E-state index in [9.17, 15) is 8.42 Å². The number of hydrogen-bond donors (Lipinski definition) is 3. The minimum absolute atomic E-state index is 0.226. The molecule has 5 nitrogen and oxygen atoms in total. The summed E-state index contributed by atoms with van der Waals surface area (Å²) in [6.07, 6.45) is -0.686. The fraction of sp³-hybridized carbons (Fsp3) is 0.300. The minimum Gasteiger partial charge on any atom is -0.361 e. The van der Waals surface area contributed by atoms with E-state index in [1.165, 1.54) is 0 Å². The lowest BCUT2D eigenvalue weighted by Gasteiger charge is -2.31. The van der Waals surface area contributed by atoms with E-state index in [4.69, 9.17) is 18.0 Å². The Kier molecular flexibility index (Phi) is 3.32. The molecule has 2 atom stereocenters. The van der Waals surface area contributed by atoms with Crippen molar-refractivity contribution >= 4 is 27.2 Å². The maximum absolute atomic E-state index is 12.3. The highest BCUT2D eigenvalue weighted by atomic mass is 32.2. The Morgan fingerprint density at radius 1 is 1.29 bits per heavy atom. The minimum atomic E-state index is -3.44. The van der Waals surface area contributed by atoms with Gasteiger partial charge in [0.1, 0.15) is 5.25 Å². The molecule has 1 aliphatic heterocycles. The summed E-state index contributed by atoms with van der Waals surface area (Å²) in [5, 5.41) is 5.18. The van der Waals surface area contributed by atoms with E-state index in [1.807, 2.05) is 0 Å². The highest BCUT2D eigenvalue weighted by Gasteiger charge is 2.35. The first-order valence-corrected chi connectivity index (χ1v) is 7.06. The smallest absolute Gasteiger partial charge is 0.186 e. The number of benzene rings is 1. The van der Waals surface area contributed by atoms with Crippen molar-refractivity contribution in [2.24, 2.45) is 5.73 Å². The van der Waals surface area contributed by atoms with E-state index < -0.39 is 21.3 Å². The number of nitrogens with two attached hydrogens (primary N) is 1. The summed E-state index contributed by atoms with van der Waals surface area (Å²) in [6, 6.07) is 8.27. The van der Waals surface area contributed by atoms with E-state index in [2.05, 4.69) is 10.6 Å². The van der Waals surface area contributed by atoms with Crippen LogP contribution in [0.2, 0.25) is 0 Å². The molecule has 0 saturated carbocycles. The molecule has 17 heavy (non-hydrogen) atoms. The lowest BCUT2D eigenvalue weighted by molar-refractivity contribution is 0.501. The van der Waals surface area contributed by atoms with Crippen LogP contribution in [0.1, 0.15) is 0 Å². The molecule has 7 heteroatoms. The van der Waals surface area contributed by atoms with Crippen LogP contribution < -0.4 is 16.4 Å². The molecule has 2 unspecified atom stereocenters. The van der Waals surface area contributed by atoms with Crippen molar-refractivity contribution in [3.63, 3.8) is 0 Å². The number of nitrogens with one attached hydrogen (secondary N) is 2. The Morgan fingerprint density at radius 2 is 1.94 bits per heavy atom. The molecule has 0 aromatic heterocycles. The van der Waals surface area contributed by atoms with Crippen molar-refractivity contribution in [1.82, 2.24) is 10.6 Å². The highest BCUT2D eigenvalue weighted by Crippen LogP contribution is 2.17. The quantitative estimate of drug-likeness (QED) is 0.634. The van der Waals surface area contributed by atoms with Gasteiger partial charge in [-0.2, -0.15) is 0 Å². The van der Waals surface area contributed by atoms with Crippen LogP contribution >= 0.6 is 12.2 Å². The number of hydrogen-bond acceptors (Lipinski definition) is 4. The Labute approximate surface area is 105 Å². The molecule has 1 aromatic rings. The second kappa shape index (κ2) is 4.59. The van der Waals surface area contributed by atoms with Crippen molar-refractivity contribution in [2.75, 3.05) is 6.54 Å². The number of rotatable bonds is 2. The third-order valence-electron chi connectivity index (χ3n) is 2.63. The van der Waals surface area contributed by atoms with E-state index in [0.29, 0.717) is 5.11 Å². The maximum atomic E-state index is 12.3. The molecule has 1 heterocycles. The van der Waals surface area contributed by atoms with Crippen molar-refractivity contribution in [1.29, 1.82) is 0 Å². The molecule has 1 aliphatic rings. The lowest BCUT2D eigenvalue weighted by Crippen LogP contribution is -2.63. The number of sulfone groups is 1. The molecular formula is C10H13N3O2S2. The Bertz CT molecular complexity index is 516. The molecule has 2 rings (SSSR count). The van der Waals surface area contributed by atoms with Gasteiger partial charge in [-0.15, -0.1) is 0 Å².